The molecule has 106 valence electrons. The van der Waals surface area contributed by atoms with Gasteiger partial charge in [0, 0.05) is 11.1 Å². The summed E-state index contributed by atoms with van der Waals surface area (Å²) in [6.07, 6.45) is 2.89. The van der Waals surface area contributed by atoms with Gasteiger partial charge >= 0.3 is 0 Å². The van der Waals surface area contributed by atoms with Crippen LogP contribution in [0.1, 0.15) is 24.8 Å². The average molecular weight is 303 g/mol. The summed E-state index contributed by atoms with van der Waals surface area (Å²) in [6, 6.07) is 6.97. The quantitative estimate of drug-likeness (QED) is 0.872. The number of hydrogen-bond donors (Lipinski definition) is 2. The van der Waals surface area contributed by atoms with Crippen LogP contribution in [0.25, 0.3) is 0 Å². The van der Waals surface area contributed by atoms with E-state index in [2.05, 4.69) is 4.72 Å². The topological polar surface area (TPSA) is 72.2 Å². The lowest BCUT2D eigenvalue weighted by Crippen LogP contribution is -2.40. The third kappa shape index (κ3) is 3.92. The molecule has 2 atom stereocenters. The minimum Gasteiger partial charge on any atom is -0.330 e. The fraction of sp³-hybridized carbons (Fsp3) is 0.538. The van der Waals surface area contributed by atoms with Gasteiger partial charge in [-0.15, -0.1) is 0 Å². The minimum absolute atomic E-state index is 0.0301. The van der Waals surface area contributed by atoms with E-state index in [9.17, 15) is 8.42 Å². The molecule has 4 nitrogen and oxygen atoms in total. The molecule has 2 rings (SSSR count). The second-order valence-electron chi connectivity index (χ2n) is 5.00. The average Bonchev–Trinajstić information content (AvgIpc) is 2.78. The molecule has 0 bridgehead atoms. The molecule has 19 heavy (non-hydrogen) atoms. The van der Waals surface area contributed by atoms with Crippen molar-refractivity contribution in [3.63, 3.8) is 0 Å². The molecule has 0 amide bonds. The summed E-state index contributed by atoms with van der Waals surface area (Å²) in [7, 11) is -3.37. The van der Waals surface area contributed by atoms with Crippen molar-refractivity contribution in [3.8, 4) is 0 Å². The number of benzene rings is 1. The molecular formula is C13H19ClN2O2S. The van der Waals surface area contributed by atoms with E-state index in [1.54, 1.807) is 24.3 Å². The molecule has 3 N–H and O–H groups in total. The Hall–Kier alpha value is -0.620. The van der Waals surface area contributed by atoms with E-state index in [0.29, 0.717) is 17.1 Å². The van der Waals surface area contributed by atoms with Crippen LogP contribution < -0.4 is 10.5 Å². The predicted molar refractivity (Wildman–Crippen MR) is 77.4 cm³/mol. The monoisotopic (exact) mass is 302 g/mol. The number of hydrogen-bond acceptors (Lipinski definition) is 3. The summed E-state index contributed by atoms with van der Waals surface area (Å²) in [5.74, 6) is 0.168. The summed E-state index contributed by atoms with van der Waals surface area (Å²) in [6.45, 7) is 0.527. The van der Waals surface area contributed by atoms with Crippen LogP contribution in [0.4, 0.5) is 0 Å². The maximum atomic E-state index is 12.2. The molecule has 0 heterocycles. The highest BCUT2D eigenvalue weighted by atomic mass is 35.5. The lowest BCUT2D eigenvalue weighted by molar-refractivity contribution is 0.452. The lowest BCUT2D eigenvalue weighted by Gasteiger charge is -2.19. The van der Waals surface area contributed by atoms with E-state index >= 15 is 0 Å². The van der Waals surface area contributed by atoms with E-state index < -0.39 is 10.0 Å². The van der Waals surface area contributed by atoms with Crippen molar-refractivity contribution in [2.75, 3.05) is 6.54 Å². The Morgan fingerprint density at radius 1 is 1.32 bits per heavy atom. The van der Waals surface area contributed by atoms with Crippen LogP contribution in [-0.4, -0.2) is 21.0 Å². The van der Waals surface area contributed by atoms with E-state index in [-0.39, 0.29) is 17.7 Å². The zero-order valence-electron chi connectivity index (χ0n) is 10.7. The van der Waals surface area contributed by atoms with Crippen molar-refractivity contribution in [1.82, 2.24) is 4.72 Å². The van der Waals surface area contributed by atoms with Gasteiger partial charge in [0.05, 0.1) is 5.75 Å². The van der Waals surface area contributed by atoms with E-state index in [1.807, 2.05) is 0 Å². The second kappa shape index (κ2) is 6.22. The summed E-state index contributed by atoms with van der Waals surface area (Å²) in [5.41, 5.74) is 6.29. The van der Waals surface area contributed by atoms with Gasteiger partial charge in [-0.1, -0.05) is 36.2 Å². The molecule has 2 unspecified atom stereocenters. The van der Waals surface area contributed by atoms with Gasteiger partial charge in [0.2, 0.25) is 10.0 Å². The molecular weight excluding hydrogens is 284 g/mol. The Morgan fingerprint density at radius 3 is 2.74 bits per heavy atom. The smallest absolute Gasteiger partial charge is 0.216 e. The number of nitrogens with two attached hydrogens (primary N) is 1. The first-order valence-corrected chi connectivity index (χ1v) is 8.48. The van der Waals surface area contributed by atoms with E-state index in [0.717, 1.165) is 19.3 Å². The minimum atomic E-state index is -3.37. The second-order valence-corrected chi connectivity index (χ2v) is 7.16. The summed E-state index contributed by atoms with van der Waals surface area (Å²) in [4.78, 5) is 0. The number of rotatable bonds is 5. The molecule has 0 aromatic heterocycles. The molecule has 1 aliphatic rings. The zero-order valence-corrected chi connectivity index (χ0v) is 12.3. The molecule has 6 heteroatoms. The SMILES string of the molecule is NCC1CCCC1NS(=O)(=O)Cc1ccccc1Cl. The summed E-state index contributed by atoms with van der Waals surface area (Å²) >= 11 is 5.99. The molecule has 1 fully saturated rings. The van der Waals surface area contributed by atoms with Gasteiger partial charge in [-0.05, 0) is 36.9 Å². The third-order valence-electron chi connectivity index (χ3n) is 3.60. The lowest BCUT2D eigenvalue weighted by atomic mass is 10.1. The Labute approximate surface area is 119 Å². The maximum absolute atomic E-state index is 12.2. The van der Waals surface area contributed by atoms with Crippen LogP contribution in [0.5, 0.6) is 0 Å². The highest BCUT2D eigenvalue weighted by Crippen LogP contribution is 2.26. The van der Waals surface area contributed by atoms with Gasteiger partial charge in [-0.3, -0.25) is 0 Å². The molecule has 0 saturated heterocycles. The number of nitrogens with one attached hydrogen (secondary N) is 1. The molecule has 0 spiro atoms. The van der Waals surface area contributed by atoms with Crippen molar-refractivity contribution in [1.29, 1.82) is 0 Å². The number of halogens is 1. The van der Waals surface area contributed by atoms with Gasteiger partial charge in [0.15, 0.2) is 0 Å². The van der Waals surface area contributed by atoms with Crippen molar-refractivity contribution < 1.29 is 8.42 Å². The molecule has 1 aromatic rings. The first-order chi connectivity index (χ1) is 9.02. The van der Waals surface area contributed by atoms with Crippen molar-refractivity contribution >= 4 is 21.6 Å². The van der Waals surface area contributed by atoms with Crippen molar-refractivity contribution in [2.24, 2.45) is 11.7 Å². The fourth-order valence-electron chi connectivity index (χ4n) is 2.57. The number of sulfonamides is 1. The largest absolute Gasteiger partial charge is 0.330 e. The molecule has 0 radical (unpaired) electrons. The Morgan fingerprint density at radius 2 is 2.05 bits per heavy atom. The van der Waals surface area contributed by atoms with Gasteiger partial charge in [0.1, 0.15) is 0 Å². The first-order valence-electron chi connectivity index (χ1n) is 6.45. The first kappa shape index (κ1) is 14.8. The highest BCUT2D eigenvalue weighted by molar-refractivity contribution is 7.88. The van der Waals surface area contributed by atoms with Crippen LogP contribution in [0, 0.1) is 5.92 Å². The van der Waals surface area contributed by atoms with Crippen molar-refractivity contribution in [2.45, 2.75) is 31.1 Å². The molecule has 1 saturated carbocycles. The van der Waals surface area contributed by atoms with Crippen LogP contribution in [0.15, 0.2) is 24.3 Å². The van der Waals surface area contributed by atoms with Gasteiger partial charge < -0.3 is 5.73 Å². The Kier molecular flexibility index (Phi) is 4.84. The van der Waals surface area contributed by atoms with Crippen LogP contribution in [0.3, 0.4) is 0 Å². The summed E-state index contributed by atoms with van der Waals surface area (Å²) in [5, 5.41) is 0.481. The Bertz CT molecular complexity index is 533. The molecule has 1 aromatic carbocycles. The van der Waals surface area contributed by atoms with Crippen molar-refractivity contribution in [3.05, 3.63) is 34.9 Å². The normalized spacial score (nSPS) is 23.7. The summed E-state index contributed by atoms with van der Waals surface area (Å²) < 4.78 is 27.1. The maximum Gasteiger partial charge on any atom is 0.216 e. The zero-order chi connectivity index (χ0) is 13.9. The van der Waals surface area contributed by atoms with Gasteiger partial charge in [-0.2, -0.15) is 0 Å². The molecule has 0 aliphatic heterocycles. The van der Waals surface area contributed by atoms with E-state index in [4.69, 9.17) is 17.3 Å². The third-order valence-corrected chi connectivity index (χ3v) is 5.32. The van der Waals surface area contributed by atoms with Crippen LogP contribution in [0.2, 0.25) is 5.02 Å². The predicted octanol–water partition coefficient (Wildman–Crippen LogP) is 1.89. The van der Waals surface area contributed by atoms with Crippen LogP contribution >= 0.6 is 11.6 Å². The van der Waals surface area contributed by atoms with E-state index in [1.165, 1.54) is 0 Å². The standard InChI is InChI=1S/C13H19ClN2O2S/c14-12-6-2-1-4-11(12)9-19(17,18)16-13-7-3-5-10(13)8-15/h1-2,4,6,10,13,16H,3,5,7-9,15H2. The van der Waals surface area contributed by atoms with Crippen LogP contribution in [-0.2, 0) is 15.8 Å². The highest BCUT2D eigenvalue weighted by Gasteiger charge is 2.29. The van der Waals surface area contributed by atoms with Gasteiger partial charge in [0.25, 0.3) is 0 Å². The van der Waals surface area contributed by atoms with Gasteiger partial charge in [-0.25, -0.2) is 13.1 Å². The fourth-order valence-corrected chi connectivity index (χ4v) is 4.36. The Balaban J connectivity index is 2.05. The molecule has 1 aliphatic carbocycles.